The third kappa shape index (κ3) is 4.80. The van der Waals surface area contributed by atoms with Crippen molar-refractivity contribution in [1.29, 1.82) is 0 Å². The number of hydrogen-bond acceptors (Lipinski definition) is 5. The number of hydrogen-bond donors (Lipinski definition) is 2. The second-order valence-electron chi connectivity index (χ2n) is 7.24. The van der Waals surface area contributed by atoms with Gasteiger partial charge in [-0.15, -0.1) is 0 Å². The van der Waals surface area contributed by atoms with Gasteiger partial charge in [0.1, 0.15) is 17.4 Å². The van der Waals surface area contributed by atoms with Gasteiger partial charge in [-0.3, -0.25) is 9.59 Å². The zero-order chi connectivity index (χ0) is 21.8. The maximum atomic E-state index is 13.9. The van der Waals surface area contributed by atoms with Gasteiger partial charge in [-0.2, -0.15) is 0 Å². The summed E-state index contributed by atoms with van der Waals surface area (Å²) in [5.74, 6) is 0.406. The highest BCUT2D eigenvalue weighted by Gasteiger charge is 2.31. The molecule has 0 spiro atoms. The smallest absolute Gasteiger partial charge is 0.257 e. The predicted octanol–water partition coefficient (Wildman–Crippen LogP) is 4.46. The van der Waals surface area contributed by atoms with Crippen LogP contribution < -0.4 is 15.6 Å². The van der Waals surface area contributed by atoms with Gasteiger partial charge < -0.3 is 15.0 Å². The van der Waals surface area contributed by atoms with Gasteiger partial charge in [-0.05, 0) is 35.7 Å². The molecule has 0 saturated carbocycles. The molecule has 3 aromatic rings. The lowest BCUT2D eigenvalue weighted by Gasteiger charge is -2.24. The van der Waals surface area contributed by atoms with Crippen molar-refractivity contribution in [3.63, 3.8) is 0 Å². The molecule has 6 nitrogen and oxygen atoms in total. The molecule has 31 heavy (non-hydrogen) atoms. The van der Waals surface area contributed by atoms with Crippen molar-refractivity contribution in [3.05, 3.63) is 81.4 Å². The summed E-state index contributed by atoms with van der Waals surface area (Å²) in [6.45, 7) is 2.67. The Morgan fingerprint density at radius 3 is 2.68 bits per heavy atom. The lowest BCUT2D eigenvalue weighted by atomic mass is 9.87. The molecule has 1 aliphatic heterocycles. The molecule has 0 fully saturated rings. The van der Waals surface area contributed by atoms with Crippen LogP contribution in [0.4, 0.5) is 10.2 Å². The van der Waals surface area contributed by atoms with Gasteiger partial charge in [0.2, 0.25) is 5.91 Å². The molecule has 0 radical (unpaired) electrons. The fraction of sp³-hybridized carbons (Fsp3) is 0.261. The minimum atomic E-state index is -0.397. The number of benzene rings is 2. The van der Waals surface area contributed by atoms with Crippen LogP contribution in [0.1, 0.15) is 42.4 Å². The summed E-state index contributed by atoms with van der Waals surface area (Å²) in [6, 6.07) is 13.9. The van der Waals surface area contributed by atoms with Gasteiger partial charge in [-0.1, -0.05) is 49.0 Å². The van der Waals surface area contributed by atoms with Crippen LogP contribution in [0.15, 0.2) is 58.5 Å². The molecule has 160 valence electrons. The number of halogens is 1. The van der Waals surface area contributed by atoms with Gasteiger partial charge in [0.15, 0.2) is 5.16 Å². The molecule has 0 aliphatic carbocycles. The van der Waals surface area contributed by atoms with Gasteiger partial charge in [0.05, 0.1) is 12.2 Å². The number of fused-ring (bicyclic) bond motifs is 1. The molecule has 2 heterocycles. The fourth-order valence-electron chi connectivity index (χ4n) is 3.48. The number of thioether (sulfide) groups is 1. The number of nitrogens with zero attached hydrogens (tertiary/aromatic N) is 1. The van der Waals surface area contributed by atoms with Gasteiger partial charge in [0, 0.05) is 18.1 Å². The molecule has 1 aliphatic rings. The summed E-state index contributed by atoms with van der Waals surface area (Å²) in [7, 11) is 0. The van der Waals surface area contributed by atoms with Crippen LogP contribution >= 0.6 is 11.8 Å². The highest BCUT2D eigenvalue weighted by atomic mass is 32.2. The summed E-state index contributed by atoms with van der Waals surface area (Å²) >= 11 is 1.21. The first-order valence-corrected chi connectivity index (χ1v) is 11.1. The molecule has 2 N–H and O–H groups in total. The number of aromatic amines is 1. The number of rotatable bonds is 7. The van der Waals surface area contributed by atoms with Crippen molar-refractivity contribution >= 4 is 23.5 Å². The highest BCUT2D eigenvalue weighted by molar-refractivity contribution is 7.98. The Morgan fingerprint density at radius 1 is 1.16 bits per heavy atom. The number of anilines is 1. The van der Waals surface area contributed by atoms with E-state index in [4.69, 9.17) is 4.74 Å². The zero-order valence-electron chi connectivity index (χ0n) is 17.0. The van der Waals surface area contributed by atoms with Crippen LogP contribution in [0.5, 0.6) is 5.75 Å². The number of amides is 1. The Kier molecular flexibility index (Phi) is 6.36. The summed E-state index contributed by atoms with van der Waals surface area (Å²) in [5.41, 5.74) is 1.48. The van der Waals surface area contributed by atoms with Crippen LogP contribution in [0.2, 0.25) is 0 Å². The highest BCUT2D eigenvalue weighted by Crippen LogP contribution is 2.35. The van der Waals surface area contributed by atoms with E-state index in [2.05, 4.69) is 15.3 Å². The molecular formula is C23H22FN3O3S. The van der Waals surface area contributed by atoms with Crippen LogP contribution in [0, 0.1) is 5.82 Å². The second-order valence-corrected chi connectivity index (χ2v) is 8.20. The molecular weight excluding hydrogens is 417 g/mol. The monoisotopic (exact) mass is 439 g/mol. The van der Waals surface area contributed by atoms with Crippen molar-refractivity contribution < 1.29 is 13.9 Å². The Balaban J connectivity index is 1.59. The number of nitrogens with one attached hydrogen (secondary N) is 2. The number of ether oxygens (including phenoxy) is 1. The first kappa shape index (κ1) is 21.1. The van der Waals surface area contributed by atoms with E-state index in [1.807, 2.05) is 31.2 Å². The summed E-state index contributed by atoms with van der Waals surface area (Å²) < 4.78 is 19.5. The Bertz CT molecular complexity index is 1150. The van der Waals surface area contributed by atoms with E-state index in [0.29, 0.717) is 28.6 Å². The Morgan fingerprint density at radius 2 is 1.94 bits per heavy atom. The van der Waals surface area contributed by atoms with Crippen LogP contribution in [0.25, 0.3) is 0 Å². The normalized spacial score (nSPS) is 15.3. The van der Waals surface area contributed by atoms with Crippen LogP contribution in [-0.2, 0) is 10.5 Å². The molecule has 1 amide bonds. The third-order valence-electron chi connectivity index (χ3n) is 5.01. The average molecular weight is 440 g/mol. The summed E-state index contributed by atoms with van der Waals surface area (Å²) in [4.78, 5) is 32.4. The zero-order valence-corrected chi connectivity index (χ0v) is 17.8. The molecule has 0 bridgehead atoms. The second kappa shape index (κ2) is 9.34. The molecule has 0 unspecified atom stereocenters. The minimum absolute atomic E-state index is 0.161. The van der Waals surface area contributed by atoms with Gasteiger partial charge in [-0.25, -0.2) is 9.37 Å². The molecule has 2 aromatic carbocycles. The average Bonchev–Trinajstić information content (AvgIpc) is 2.76. The summed E-state index contributed by atoms with van der Waals surface area (Å²) in [5, 5.41) is 3.04. The first-order chi connectivity index (χ1) is 15.0. The van der Waals surface area contributed by atoms with Crippen molar-refractivity contribution in [3.8, 4) is 5.75 Å². The summed E-state index contributed by atoms with van der Waals surface area (Å²) in [6.07, 6.45) is 1.07. The topological polar surface area (TPSA) is 84.1 Å². The van der Waals surface area contributed by atoms with Crippen molar-refractivity contribution in [2.75, 3.05) is 11.9 Å². The number of H-pyrrole nitrogens is 1. The first-order valence-electron chi connectivity index (χ1n) is 10.1. The lowest BCUT2D eigenvalue weighted by Crippen LogP contribution is -2.31. The van der Waals surface area contributed by atoms with E-state index in [0.717, 1.165) is 17.7 Å². The third-order valence-corrected chi connectivity index (χ3v) is 5.93. The van der Waals surface area contributed by atoms with E-state index in [-0.39, 0.29) is 29.5 Å². The number of aromatic nitrogens is 2. The maximum absolute atomic E-state index is 13.9. The Labute approximate surface area is 183 Å². The lowest BCUT2D eigenvalue weighted by molar-refractivity contribution is -0.116. The molecule has 0 saturated heterocycles. The van der Waals surface area contributed by atoms with E-state index in [1.165, 1.54) is 17.8 Å². The molecule has 4 rings (SSSR count). The van der Waals surface area contributed by atoms with E-state index < -0.39 is 5.92 Å². The van der Waals surface area contributed by atoms with E-state index >= 15 is 0 Å². The molecule has 1 aromatic heterocycles. The Hall–Kier alpha value is -3.13. The van der Waals surface area contributed by atoms with Gasteiger partial charge in [0.25, 0.3) is 5.56 Å². The minimum Gasteiger partial charge on any atom is -0.494 e. The number of carbonyl (C=O) groups excluding carboxylic acids is 1. The quantitative estimate of drug-likeness (QED) is 0.419. The van der Waals surface area contributed by atoms with Crippen molar-refractivity contribution in [1.82, 2.24) is 9.97 Å². The standard InChI is InChI=1S/C23H22FN3O3S/c1-2-11-30-16-9-7-14(8-10-16)17-12-19(28)25-21-20(17)22(29)27-23(26-21)31-13-15-5-3-4-6-18(15)24/h3-10,17H,2,11-13H2,1H3,(H2,25,26,27,28,29)/t17-/m0/s1. The van der Waals surface area contributed by atoms with E-state index in [9.17, 15) is 14.0 Å². The van der Waals surface area contributed by atoms with Gasteiger partial charge >= 0.3 is 0 Å². The number of carbonyl (C=O) groups is 1. The van der Waals surface area contributed by atoms with Crippen molar-refractivity contribution in [2.45, 2.75) is 36.6 Å². The van der Waals surface area contributed by atoms with Crippen LogP contribution in [-0.4, -0.2) is 22.5 Å². The van der Waals surface area contributed by atoms with Crippen molar-refractivity contribution in [2.24, 2.45) is 0 Å². The largest absolute Gasteiger partial charge is 0.494 e. The predicted molar refractivity (Wildman–Crippen MR) is 118 cm³/mol. The maximum Gasteiger partial charge on any atom is 0.257 e. The molecule has 8 heteroatoms. The van der Waals surface area contributed by atoms with Crippen LogP contribution in [0.3, 0.4) is 0 Å². The van der Waals surface area contributed by atoms with E-state index in [1.54, 1.807) is 18.2 Å². The molecule has 1 atom stereocenters. The fourth-order valence-corrected chi connectivity index (χ4v) is 4.33. The SMILES string of the molecule is CCCOc1ccc([C@@H]2CC(=O)Nc3nc(SCc4ccccc4F)[nH]c(=O)c32)cc1.